The van der Waals surface area contributed by atoms with Crippen LogP contribution in [0.25, 0.3) is 0 Å². The summed E-state index contributed by atoms with van der Waals surface area (Å²) < 4.78 is 0. The van der Waals surface area contributed by atoms with Gasteiger partial charge < -0.3 is 4.90 Å². The number of rotatable bonds is 1. The van der Waals surface area contributed by atoms with E-state index in [0.717, 1.165) is 12.2 Å². The van der Waals surface area contributed by atoms with Gasteiger partial charge in [0.1, 0.15) is 0 Å². The first-order valence-corrected chi connectivity index (χ1v) is 3.49. The second kappa shape index (κ2) is 2.34. The van der Waals surface area contributed by atoms with Crippen LogP contribution in [-0.4, -0.2) is 17.4 Å². The van der Waals surface area contributed by atoms with Gasteiger partial charge in [-0.05, 0) is 6.07 Å². The molecule has 0 aliphatic carbocycles. The zero-order valence-corrected chi connectivity index (χ0v) is 5.95. The minimum atomic E-state index is 0.173. The van der Waals surface area contributed by atoms with Crippen LogP contribution in [0.15, 0.2) is 18.5 Å². The van der Waals surface area contributed by atoms with Crippen LogP contribution in [-0.2, 0) is 4.79 Å². The van der Waals surface area contributed by atoms with Gasteiger partial charge in [0, 0.05) is 25.2 Å². The average Bonchev–Trinajstić information content (AvgIpc) is 2.04. The second-order valence-corrected chi connectivity index (χ2v) is 2.44. The predicted molar refractivity (Wildman–Crippen MR) is 40.0 cm³/mol. The Morgan fingerprint density at radius 3 is 3.00 bits per heavy atom. The van der Waals surface area contributed by atoms with Crippen LogP contribution in [0.2, 0.25) is 0 Å². The maximum Gasteiger partial charge on any atom is 0.228 e. The summed E-state index contributed by atoms with van der Waals surface area (Å²) in [6, 6.07) is 4.59. The maximum absolute atomic E-state index is 10.9. The molecule has 1 amide bonds. The molecule has 11 heavy (non-hydrogen) atoms. The molecule has 0 atom stereocenters. The van der Waals surface area contributed by atoms with Gasteiger partial charge in [-0.25, -0.2) is 0 Å². The van der Waals surface area contributed by atoms with E-state index in [-0.39, 0.29) is 5.91 Å². The summed E-state index contributed by atoms with van der Waals surface area (Å²) >= 11 is 0. The molecule has 1 aliphatic rings. The van der Waals surface area contributed by atoms with Gasteiger partial charge in [-0.15, -0.1) is 0 Å². The van der Waals surface area contributed by atoms with Crippen molar-refractivity contribution >= 4 is 11.6 Å². The molecule has 1 saturated heterocycles. The molecule has 2 heterocycles. The van der Waals surface area contributed by atoms with E-state index in [1.54, 1.807) is 23.4 Å². The third kappa shape index (κ3) is 0.981. The highest BCUT2D eigenvalue weighted by molar-refractivity contribution is 5.99. The number of hydrogen-bond donors (Lipinski definition) is 0. The maximum atomic E-state index is 10.9. The molecule has 0 N–H and O–H groups in total. The van der Waals surface area contributed by atoms with Gasteiger partial charge in [0.25, 0.3) is 0 Å². The lowest BCUT2D eigenvalue weighted by atomic mass is 10.2. The highest BCUT2D eigenvalue weighted by atomic mass is 16.2. The number of anilines is 1. The molecule has 3 heteroatoms. The van der Waals surface area contributed by atoms with Crippen LogP contribution in [0.3, 0.4) is 0 Å². The lowest BCUT2D eigenvalue weighted by molar-refractivity contribution is -0.122. The van der Waals surface area contributed by atoms with Gasteiger partial charge in [-0.1, -0.05) is 0 Å². The number of carbonyl (C=O) groups excluding carboxylic acids is 1. The molecule has 1 fully saturated rings. The molecular weight excluding hydrogens is 140 g/mol. The first kappa shape index (κ1) is 6.34. The number of amides is 1. The standard InChI is InChI=1S/C8H7N2O/c11-8-3-5-10(8)7-2-1-4-9-6-7/h2,4,6H,3,5H2. The lowest BCUT2D eigenvalue weighted by Gasteiger charge is -2.29. The number of nitrogens with zero attached hydrogens (tertiary/aromatic N) is 2. The quantitative estimate of drug-likeness (QED) is 0.545. The topological polar surface area (TPSA) is 33.2 Å². The van der Waals surface area contributed by atoms with Crippen LogP contribution in [0, 0.1) is 6.07 Å². The van der Waals surface area contributed by atoms with Crippen LogP contribution in [0.5, 0.6) is 0 Å². The van der Waals surface area contributed by atoms with E-state index in [0.29, 0.717) is 6.42 Å². The Bertz CT molecular complexity index is 271. The Morgan fingerprint density at radius 1 is 1.64 bits per heavy atom. The number of carbonyl (C=O) groups is 1. The molecule has 1 aromatic rings. The van der Waals surface area contributed by atoms with Crippen molar-refractivity contribution in [3.63, 3.8) is 0 Å². The zero-order chi connectivity index (χ0) is 7.68. The van der Waals surface area contributed by atoms with Crippen LogP contribution in [0.1, 0.15) is 6.42 Å². The molecule has 0 saturated carbocycles. The van der Waals surface area contributed by atoms with E-state index in [2.05, 4.69) is 11.1 Å². The van der Waals surface area contributed by atoms with Crippen molar-refractivity contribution in [2.45, 2.75) is 6.42 Å². The van der Waals surface area contributed by atoms with E-state index in [9.17, 15) is 4.79 Å². The monoisotopic (exact) mass is 147 g/mol. The zero-order valence-electron chi connectivity index (χ0n) is 5.95. The van der Waals surface area contributed by atoms with Crippen molar-refractivity contribution in [2.75, 3.05) is 11.4 Å². The lowest BCUT2D eigenvalue weighted by Crippen LogP contribution is -2.43. The van der Waals surface area contributed by atoms with Gasteiger partial charge in [0.15, 0.2) is 0 Å². The van der Waals surface area contributed by atoms with Crippen molar-refractivity contribution in [2.24, 2.45) is 0 Å². The summed E-state index contributed by atoms with van der Waals surface area (Å²) in [5, 5.41) is 0. The van der Waals surface area contributed by atoms with E-state index in [1.165, 1.54) is 0 Å². The molecule has 1 aromatic heterocycles. The Morgan fingerprint density at radius 2 is 2.55 bits per heavy atom. The molecular formula is C8H7N2O. The van der Waals surface area contributed by atoms with Gasteiger partial charge in [-0.2, -0.15) is 0 Å². The third-order valence-corrected chi connectivity index (χ3v) is 1.75. The first-order chi connectivity index (χ1) is 5.38. The van der Waals surface area contributed by atoms with Crippen molar-refractivity contribution < 1.29 is 4.79 Å². The second-order valence-electron chi connectivity index (χ2n) is 2.44. The Kier molecular flexibility index (Phi) is 1.35. The van der Waals surface area contributed by atoms with E-state index >= 15 is 0 Å². The molecule has 3 nitrogen and oxygen atoms in total. The highest BCUT2D eigenvalue weighted by Crippen LogP contribution is 2.19. The number of pyridine rings is 1. The SMILES string of the molecule is O=C1CCN1c1c[c]cnc1. The molecule has 2 rings (SSSR count). The van der Waals surface area contributed by atoms with Gasteiger partial charge in [-0.3, -0.25) is 9.78 Å². The predicted octanol–water partition coefficient (Wildman–Crippen LogP) is 0.618. The van der Waals surface area contributed by atoms with Gasteiger partial charge in [0.2, 0.25) is 5.91 Å². The number of β-lactam (4-membered cyclic amide) rings is 1. The molecule has 1 radical (unpaired) electrons. The Hall–Kier alpha value is -1.38. The minimum absolute atomic E-state index is 0.173. The van der Waals surface area contributed by atoms with Crippen molar-refractivity contribution in [3.8, 4) is 0 Å². The van der Waals surface area contributed by atoms with Crippen molar-refractivity contribution in [1.29, 1.82) is 0 Å². The Balaban J connectivity index is 2.23. The molecule has 0 aromatic carbocycles. The normalized spacial score (nSPS) is 16.4. The van der Waals surface area contributed by atoms with Crippen molar-refractivity contribution in [1.82, 2.24) is 4.98 Å². The molecule has 1 aliphatic heterocycles. The van der Waals surface area contributed by atoms with Gasteiger partial charge in [0.05, 0.1) is 11.9 Å². The fourth-order valence-corrected chi connectivity index (χ4v) is 1.05. The van der Waals surface area contributed by atoms with E-state index < -0.39 is 0 Å². The third-order valence-electron chi connectivity index (χ3n) is 1.75. The molecule has 0 spiro atoms. The summed E-state index contributed by atoms with van der Waals surface area (Å²) in [6.07, 6.45) is 3.91. The molecule has 55 valence electrons. The number of hydrogen-bond acceptors (Lipinski definition) is 2. The fraction of sp³-hybridized carbons (Fsp3) is 0.250. The molecule has 0 bridgehead atoms. The summed E-state index contributed by atoms with van der Waals surface area (Å²) in [7, 11) is 0. The van der Waals surface area contributed by atoms with E-state index in [1.807, 2.05) is 0 Å². The Labute approximate surface area is 64.7 Å². The molecule has 0 unspecified atom stereocenters. The summed E-state index contributed by atoms with van der Waals surface area (Å²) in [4.78, 5) is 16.5. The van der Waals surface area contributed by atoms with Gasteiger partial charge >= 0.3 is 0 Å². The summed E-state index contributed by atoms with van der Waals surface area (Å²) in [5.74, 6) is 0.173. The fourth-order valence-electron chi connectivity index (χ4n) is 1.05. The largest absolute Gasteiger partial charge is 0.310 e. The van der Waals surface area contributed by atoms with Crippen LogP contribution in [0.4, 0.5) is 5.69 Å². The van der Waals surface area contributed by atoms with Crippen molar-refractivity contribution in [3.05, 3.63) is 24.5 Å². The summed E-state index contributed by atoms with van der Waals surface area (Å²) in [5.41, 5.74) is 0.851. The summed E-state index contributed by atoms with van der Waals surface area (Å²) in [6.45, 7) is 0.818. The minimum Gasteiger partial charge on any atom is -0.310 e. The smallest absolute Gasteiger partial charge is 0.228 e. The highest BCUT2D eigenvalue weighted by Gasteiger charge is 2.24. The average molecular weight is 147 g/mol. The van der Waals surface area contributed by atoms with Crippen LogP contribution < -0.4 is 4.90 Å². The van der Waals surface area contributed by atoms with Crippen LogP contribution >= 0.6 is 0 Å². The number of aromatic nitrogens is 1. The van der Waals surface area contributed by atoms with E-state index in [4.69, 9.17) is 0 Å². The first-order valence-electron chi connectivity index (χ1n) is 3.49.